The van der Waals surface area contributed by atoms with Crippen molar-refractivity contribution in [1.82, 2.24) is 0 Å². The van der Waals surface area contributed by atoms with Crippen LogP contribution >= 0.6 is 11.6 Å². The molecule has 2 aromatic rings. The highest BCUT2D eigenvalue weighted by molar-refractivity contribution is 6.34. The van der Waals surface area contributed by atoms with Gasteiger partial charge in [-0.15, -0.1) is 0 Å². The van der Waals surface area contributed by atoms with Gasteiger partial charge in [0.2, 0.25) is 0 Å². The van der Waals surface area contributed by atoms with Crippen molar-refractivity contribution in [2.24, 2.45) is 0 Å². The molecule has 0 fully saturated rings. The van der Waals surface area contributed by atoms with E-state index in [2.05, 4.69) is 5.32 Å². The van der Waals surface area contributed by atoms with Crippen LogP contribution in [-0.2, 0) is 4.74 Å². The summed E-state index contributed by atoms with van der Waals surface area (Å²) in [6.07, 6.45) is -0.174. The van der Waals surface area contributed by atoms with E-state index < -0.39 is 0 Å². The maximum absolute atomic E-state index is 12.1. The van der Waals surface area contributed by atoms with Crippen molar-refractivity contribution in [2.75, 3.05) is 5.32 Å². The quantitative estimate of drug-likeness (QED) is 0.861. The van der Waals surface area contributed by atoms with Crippen LogP contribution in [0.25, 0.3) is 0 Å². The molecule has 0 aromatic heterocycles. The van der Waals surface area contributed by atoms with E-state index in [1.807, 2.05) is 0 Å². The van der Waals surface area contributed by atoms with Gasteiger partial charge in [0.1, 0.15) is 0 Å². The standard InChI is InChI=1S/C17H16ClNO3/c1-11(2)22-17(21)12-7-9-13(10-8-12)19-16(20)14-5-3-4-6-15(14)18/h3-11H,1-2H3,(H,19,20). The fraction of sp³-hybridized carbons (Fsp3) is 0.176. The van der Waals surface area contributed by atoms with Gasteiger partial charge in [-0.05, 0) is 50.2 Å². The second-order valence-electron chi connectivity index (χ2n) is 4.97. The monoisotopic (exact) mass is 317 g/mol. The number of hydrogen-bond donors (Lipinski definition) is 1. The summed E-state index contributed by atoms with van der Waals surface area (Å²) in [4.78, 5) is 23.8. The first-order chi connectivity index (χ1) is 10.5. The van der Waals surface area contributed by atoms with Crippen molar-refractivity contribution in [1.29, 1.82) is 0 Å². The van der Waals surface area contributed by atoms with E-state index in [1.165, 1.54) is 0 Å². The molecular formula is C17H16ClNO3. The van der Waals surface area contributed by atoms with E-state index in [1.54, 1.807) is 62.4 Å². The molecule has 0 aliphatic rings. The highest BCUT2D eigenvalue weighted by atomic mass is 35.5. The van der Waals surface area contributed by atoms with E-state index in [4.69, 9.17) is 16.3 Å². The van der Waals surface area contributed by atoms with Crippen molar-refractivity contribution in [2.45, 2.75) is 20.0 Å². The molecule has 114 valence electrons. The average molecular weight is 318 g/mol. The molecule has 0 bridgehead atoms. The molecule has 0 unspecified atom stereocenters. The molecule has 1 amide bonds. The molecule has 0 aliphatic carbocycles. The molecule has 0 radical (unpaired) electrons. The van der Waals surface area contributed by atoms with E-state index in [-0.39, 0.29) is 18.0 Å². The number of ether oxygens (including phenoxy) is 1. The number of esters is 1. The third kappa shape index (κ3) is 4.09. The predicted octanol–water partition coefficient (Wildman–Crippen LogP) is 4.16. The van der Waals surface area contributed by atoms with E-state index >= 15 is 0 Å². The molecule has 0 heterocycles. The van der Waals surface area contributed by atoms with Gasteiger partial charge in [-0.1, -0.05) is 23.7 Å². The summed E-state index contributed by atoms with van der Waals surface area (Å²) in [7, 11) is 0. The Bertz CT molecular complexity index is 681. The molecule has 2 rings (SSSR count). The van der Waals surface area contributed by atoms with Gasteiger partial charge in [-0.3, -0.25) is 4.79 Å². The van der Waals surface area contributed by atoms with Gasteiger partial charge in [0.05, 0.1) is 22.3 Å². The summed E-state index contributed by atoms with van der Waals surface area (Å²) < 4.78 is 5.10. The van der Waals surface area contributed by atoms with Crippen LogP contribution in [0.1, 0.15) is 34.6 Å². The lowest BCUT2D eigenvalue weighted by Gasteiger charge is -2.09. The number of rotatable bonds is 4. The Labute approximate surface area is 134 Å². The summed E-state index contributed by atoms with van der Waals surface area (Å²) in [6.45, 7) is 3.58. The zero-order valence-electron chi connectivity index (χ0n) is 12.3. The first kappa shape index (κ1) is 16.0. The van der Waals surface area contributed by atoms with Crippen LogP contribution in [-0.4, -0.2) is 18.0 Å². The fourth-order valence-electron chi connectivity index (χ4n) is 1.82. The number of halogens is 1. The largest absolute Gasteiger partial charge is 0.459 e. The van der Waals surface area contributed by atoms with Crippen LogP contribution in [0.5, 0.6) is 0 Å². The number of hydrogen-bond acceptors (Lipinski definition) is 3. The van der Waals surface area contributed by atoms with Gasteiger partial charge in [0.15, 0.2) is 0 Å². The Kier molecular flexibility index (Phi) is 5.17. The highest BCUT2D eigenvalue weighted by Gasteiger charge is 2.11. The van der Waals surface area contributed by atoms with Crippen molar-refractivity contribution in [3.63, 3.8) is 0 Å². The lowest BCUT2D eigenvalue weighted by atomic mass is 10.2. The minimum absolute atomic E-state index is 0.174. The summed E-state index contributed by atoms with van der Waals surface area (Å²) in [6, 6.07) is 13.3. The third-order valence-corrected chi connectivity index (χ3v) is 3.17. The van der Waals surface area contributed by atoms with E-state index in [0.29, 0.717) is 21.8 Å². The van der Waals surface area contributed by atoms with Crippen LogP contribution in [0.4, 0.5) is 5.69 Å². The van der Waals surface area contributed by atoms with Crippen molar-refractivity contribution in [3.05, 3.63) is 64.7 Å². The molecular weight excluding hydrogens is 302 g/mol. The molecule has 0 spiro atoms. The number of carbonyl (C=O) groups excluding carboxylic acids is 2. The van der Waals surface area contributed by atoms with Gasteiger partial charge in [-0.2, -0.15) is 0 Å². The van der Waals surface area contributed by atoms with Crippen molar-refractivity contribution in [3.8, 4) is 0 Å². The first-order valence-corrected chi connectivity index (χ1v) is 7.22. The molecule has 0 atom stereocenters. The number of amides is 1. The molecule has 22 heavy (non-hydrogen) atoms. The zero-order valence-corrected chi connectivity index (χ0v) is 13.1. The molecule has 0 aliphatic heterocycles. The van der Waals surface area contributed by atoms with Crippen LogP contribution in [0.15, 0.2) is 48.5 Å². The normalized spacial score (nSPS) is 10.4. The Morgan fingerprint density at radius 1 is 1.05 bits per heavy atom. The van der Waals surface area contributed by atoms with Gasteiger partial charge < -0.3 is 10.1 Å². The van der Waals surface area contributed by atoms with Gasteiger partial charge in [0, 0.05) is 5.69 Å². The smallest absolute Gasteiger partial charge is 0.338 e. The number of benzene rings is 2. The third-order valence-electron chi connectivity index (χ3n) is 2.84. The average Bonchev–Trinajstić information content (AvgIpc) is 2.47. The Morgan fingerprint density at radius 3 is 2.27 bits per heavy atom. The summed E-state index contributed by atoms with van der Waals surface area (Å²) in [5.41, 5.74) is 1.41. The SMILES string of the molecule is CC(C)OC(=O)c1ccc(NC(=O)c2ccccc2Cl)cc1. The molecule has 4 nitrogen and oxygen atoms in total. The highest BCUT2D eigenvalue weighted by Crippen LogP contribution is 2.18. The maximum Gasteiger partial charge on any atom is 0.338 e. The molecule has 0 saturated heterocycles. The van der Waals surface area contributed by atoms with Crippen LogP contribution in [0, 0.1) is 0 Å². The minimum atomic E-state index is -0.390. The lowest BCUT2D eigenvalue weighted by Crippen LogP contribution is -2.13. The lowest BCUT2D eigenvalue weighted by molar-refractivity contribution is 0.0378. The molecule has 5 heteroatoms. The van der Waals surface area contributed by atoms with Gasteiger partial charge in [0.25, 0.3) is 5.91 Å². The number of nitrogens with one attached hydrogen (secondary N) is 1. The Hall–Kier alpha value is -2.33. The second kappa shape index (κ2) is 7.09. The summed E-state index contributed by atoms with van der Waals surface area (Å²) >= 11 is 5.98. The van der Waals surface area contributed by atoms with Crippen LogP contribution in [0.3, 0.4) is 0 Å². The Morgan fingerprint density at radius 2 is 1.68 bits per heavy atom. The fourth-order valence-corrected chi connectivity index (χ4v) is 2.04. The zero-order chi connectivity index (χ0) is 16.1. The van der Waals surface area contributed by atoms with Gasteiger partial charge in [-0.25, -0.2) is 4.79 Å². The van der Waals surface area contributed by atoms with E-state index in [9.17, 15) is 9.59 Å². The Balaban J connectivity index is 2.07. The molecule has 2 aromatic carbocycles. The van der Waals surface area contributed by atoms with Crippen molar-refractivity contribution >= 4 is 29.2 Å². The topological polar surface area (TPSA) is 55.4 Å². The second-order valence-corrected chi connectivity index (χ2v) is 5.37. The van der Waals surface area contributed by atoms with Gasteiger partial charge >= 0.3 is 5.97 Å². The summed E-state index contributed by atoms with van der Waals surface area (Å²) in [5.74, 6) is -0.693. The minimum Gasteiger partial charge on any atom is -0.459 e. The predicted molar refractivity (Wildman–Crippen MR) is 86.4 cm³/mol. The van der Waals surface area contributed by atoms with Crippen LogP contribution < -0.4 is 5.32 Å². The molecule has 0 saturated carbocycles. The number of carbonyl (C=O) groups is 2. The van der Waals surface area contributed by atoms with Crippen molar-refractivity contribution < 1.29 is 14.3 Å². The van der Waals surface area contributed by atoms with E-state index in [0.717, 1.165) is 0 Å². The number of anilines is 1. The summed E-state index contributed by atoms with van der Waals surface area (Å²) in [5, 5.41) is 3.12. The molecule has 1 N–H and O–H groups in total. The van der Waals surface area contributed by atoms with Crippen LogP contribution in [0.2, 0.25) is 5.02 Å². The maximum atomic E-state index is 12.1. The first-order valence-electron chi connectivity index (χ1n) is 6.84.